The van der Waals surface area contributed by atoms with Crippen LogP contribution < -0.4 is 5.32 Å². The van der Waals surface area contributed by atoms with E-state index in [9.17, 15) is 14.3 Å². The number of nitrogens with one attached hydrogen (secondary N) is 1. The zero-order chi connectivity index (χ0) is 15.7. The molecule has 22 heavy (non-hydrogen) atoms. The number of rotatable bonds is 2. The SMILES string of the molecule is CC(O)C1CCN(C(=O)NC2CCc3c(F)cccc32)CC1. The van der Waals surface area contributed by atoms with Crippen LogP contribution in [0, 0.1) is 11.7 Å². The van der Waals surface area contributed by atoms with E-state index in [1.165, 1.54) is 6.07 Å². The zero-order valence-corrected chi connectivity index (χ0v) is 12.9. The van der Waals surface area contributed by atoms with Crippen LogP contribution >= 0.6 is 0 Å². The molecule has 4 nitrogen and oxygen atoms in total. The molecule has 120 valence electrons. The molecular weight excluding hydrogens is 283 g/mol. The second-order valence-electron chi connectivity index (χ2n) is 6.41. The van der Waals surface area contributed by atoms with Gasteiger partial charge in [-0.05, 0) is 55.7 Å². The fraction of sp³-hybridized carbons (Fsp3) is 0.588. The number of urea groups is 1. The predicted molar refractivity (Wildman–Crippen MR) is 82.0 cm³/mol. The molecule has 1 saturated heterocycles. The number of benzene rings is 1. The van der Waals surface area contributed by atoms with E-state index in [2.05, 4.69) is 5.32 Å². The van der Waals surface area contributed by atoms with Gasteiger partial charge in [-0.15, -0.1) is 0 Å². The molecule has 0 bridgehead atoms. The van der Waals surface area contributed by atoms with Crippen LogP contribution in [-0.2, 0) is 6.42 Å². The van der Waals surface area contributed by atoms with Crippen molar-refractivity contribution in [2.24, 2.45) is 5.92 Å². The van der Waals surface area contributed by atoms with Gasteiger partial charge in [0.05, 0.1) is 12.1 Å². The molecule has 1 fully saturated rings. The number of hydrogen-bond acceptors (Lipinski definition) is 2. The van der Waals surface area contributed by atoms with E-state index < -0.39 is 0 Å². The summed E-state index contributed by atoms with van der Waals surface area (Å²) in [6, 6.07) is 4.91. The molecule has 2 aliphatic rings. The third-order valence-corrected chi connectivity index (χ3v) is 5.02. The lowest BCUT2D eigenvalue weighted by atomic mass is 9.92. The van der Waals surface area contributed by atoms with Crippen molar-refractivity contribution in [3.63, 3.8) is 0 Å². The van der Waals surface area contributed by atoms with Crippen molar-refractivity contribution in [3.8, 4) is 0 Å². The first kappa shape index (κ1) is 15.3. The first-order chi connectivity index (χ1) is 10.6. The van der Waals surface area contributed by atoms with Crippen molar-refractivity contribution in [1.82, 2.24) is 10.2 Å². The summed E-state index contributed by atoms with van der Waals surface area (Å²) in [6.07, 6.45) is 2.79. The second-order valence-corrected chi connectivity index (χ2v) is 6.41. The number of fused-ring (bicyclic) bond motifs is 1. The summed E-state index contributed by atoms with van der Waals surface area (Å²) in [4.78, 5) is 14.2. The minimum absolute atomic E-state index is 0.0776. The third kappa shape index (κ3) is 2.95. The van der Waals surface area contributed by atoms with E-state index in [1.54, 1.807) is 11.0 Å². The summed E-state index contributed by atoms with van der Waals surface area (Å²) in [5.74, 6) is 0.109. The van der Waals surface area contributed by atoms with Crippen LogP contribution in [0.3, 0.4) is 0 Å². The molecule has 5 heteroatoms. The van der Waals surface area contributed by atoms with Gasteiger partial charge in [0.2, 0.25) is 0 Å². The molecule has 0 saturated carbocycles. The van der Waals surface area contributed by atoms with Gasteiger partial charge in [0.25, 0.3) is 0 Å². The van der Waals surface area contributed by atoms with Gasteiger partial charge in [0.1, 0.15) is 5.82 Å². The molecule has 1 aromatic rings. The Morgan fingerprint density at radius 3 is 2.77 bits per heavy atom. The molecule has 2 amide bonds. The smallest absolute Gasteiger partial charge is 0.317 e. The summed E-state index contributed by atoms with van der Waals surface area (Å²) in [5.41, 5.74) is 1.65. The Labute approximate surface area is 130 Å². The van der Waals surface area contributed by atoms with Crippen LogP contribution in [0.1, 0.15) is 43.4 Å². The highest BCUT2D eigenvalue weighted by atomic mass is 19.1. The van der Waals surface area contributed by atoms with E-state index >= 15 is 0 Å². The number of nitrogens with zero attached hydrogens (tertiary/aromatic N) is 1. The molecule has 1 aliphatic carbocycles. The van der Waals surface area contributed by atoms with Gasteiger partial charge in [-0.25, -0.2) is 9.18 Å². The second kappa shape index (κ2) is 6.24. The highest BCUT2D eigenvalue weighted by molar-refractivity contribution is 5.75. The number of carbonyl (C=O) groups is 1. The first-order valence-corrected chi connectivity index (χ1v) is 8.07. The van der Waals surface area contributed by atoms with Crippen molar-refractivity contribution < 1.29 is 14.3 Å². The Morgan fingerprint density at radius 1 is 1.36 bits per heavy atom. The quantitative estimate of drug-likeness (QED) is 0.882. The maximum atomic E-state index is 13.7. The topological polar surface area (TPSA) is 52.6 Å². The standard InChI is InChI=1S/C17H23FN2O2/c1-11(21)12-7-9-20(10-8-12)17(22)19-16-6-5-13-14(16)3-2-4-15(13)18/h2-4,11-12,16,21H,5-10H2,1H3,(H,19,22). The molecule has 1 heterocycles. The maximum Gasteiger partial charge on any atom is 0.317 e. The van der Waals surface area contributed by atoms with Gasteiger partial charge in [0, 0.05) is 13.1 Å². The summed E-state index contributed by atoms with van der Waals surface area (Å²) >= 11 is 0. The Morgan fingerprint density at radius 2 is 2.09 bits per heavy atom. The molecule has 2 N–H and O–H groups in total. The van der Waals surface area contributed by atoms with Crippen molar-refractivity contribution >= 4 is 6.03 Å². The lowest BCUT2D eigenvalue weighted by Crippen LogP contribution is -2.46. The van der Waals surface area contributed by atoms with Crippen LogP contribution in [0.5, 0.6) is 0 Å². The summed E-state index contributed by atoms with van der Waals surface area (Å²) < 4.78 is 13.7. The number of carbonyl (C=O) groups excluding carboxylic acids is 1. The van der Waals surface area contributed by atoms with Crippen LogP contribution in [0.25, 0.3) is 0 Å². The monoisotopic (exact) mass is 306 g/mol. The molecule has 3 rings (SSSR count). The average molecular weight is 306 g/mol. The van der Waals surface area contributed by atoms with Gasteiger partial charge in [-0.1, -0.05) is 12.1 Å². The van der Waals surface area contributed by atoms with Crippen molar-refractivity contribution in [3.05, 3.63) is 35.1 Å². The van der Waals surface area contributed by atoms with E-state index in [0.29, 0.717) is 19.5 Å². The summed E-state index contributed by atoms with van der Waals surface area (Å²) in [7, 11) is 0. The molecule has 1 aromatic carbocycles. The third-order valence-electron chi connectivity index (χ3n) is 5.02. The number of piperidine rings is 1. The average Bonchev–Trinajstić information content (AvgIpc) is 2.92. The zero-order valence-electron chi connectivity index (χ0n) is 12.9. The van der Waals surface area contributed by atoms with Crippen molar-refractivity contribution in [2.45, 2.75) is 44.8 Å². The molecule has 0 radical (unpaired) electrons. The lowest BCUT2D eigenvalue weighted by Gasteiger charge is -2.34. The fourth-order valence-electron chi connectivity index (χ4n) is 3.58. The largest absolute Gasteiger partial charge is 0.393 e. The molecular formula is C17H23FN2O2. The van der Waals surface area contributed by atoms with Gasteiger partial charge in [-0.2, -0.15) is 0 Å². The molecule has 2 atom stereocenters. The van der Waals surface area contributed by atoms with Crippen molar-refractivity contribution in [1.29, 1.82) is 0 Å². The highest BCUT2D eigenvalue weighted by Crippen LogP contribution is 2.33. The predicted octanol–water partition coefficient (Wildman–Crippen LogP) is 2.62. The number of amides is 2. The van der Waals surface area contributed by atoms with Gasteiger partial charge < -0.3 is 15.3 Å². The first-order valence-electron chi connectivity index (χ1n) is 8.07. The van der Waals surface area contributed by atoms with Crippen LogP contribution in [0.15, 0.2) is 18.2 Å². The van der Waals surface area contributed by atoms with E-state index in [0.717, 1.165) is 30.4 Å². The number of hydrogen-bond donors (Lipinski definition) is 2. The van der Waals surface area contributed by atoms with Crippen LogP contribution in [0.4, 0.5) is 9.18 Å². The maximum absolute atomic E-state index is 13.7. The van der Waals surface area contributed by atoms with E-state index in [4.69, 9.17) is 0 Å². The highest BCUT2D eigenvalue weighted by Gasteiger charge is 2.30. The Balaban J connectivity index is 1.59. The number of aliphatic hydroxyl groups excluding tert-OH is 1. The van der Waals surface area contributed by atoms with Gasteiger partial charge >= 0.3 is 6.03 Å². The van der Waals surface area contributed by atoms with E-state index in [1.807, 2.05) is 13.0 Å². The summed E-state index contributed by atoms with van der Waals surface area (Å²) in [5, 5.41) is 12.6. The van der Waals surface area contributed by atoms with Crippen LogP contribution in [-0.4, -0.2) is 35.2 Å². The number of likely N-dealkylation sites (tertiary alicyclic amines) is 1. The minimum Gasteiger partial charge on any atom is -0.393 e. The number of halogens is 1. The molecule has 0 spiro atoms. The van der Waals surface area contributed by atoms with Crippen molar-refractivity contribution in [2.75, 3.05) is 13.1 Å². The lowest BCUT2D eigenvalue weighted by molar-refractivity contribution is 0.0793. The minimum atomic E-state index is -0.310. The Kier molecular flexibility index (Phi) is 4.34. The van der Waals surface area contributed by atoms with Gasteiger partial charge in [0.15, 0.2) is 0 Å². The van der Waals surface area contributed by atoms with E-state index in [-0.39, 0.29) is 29.9 Å². The number of aliphatic hydroxyl groups is 1. The normalized spacial score (nSPS) is 23.2. The Hall–Kier alpha value is -1.62. The molecule has 0 aromatic heterocycles. The summed E-state index contributed by atoms with van der Waals surface area (Å²) in [6.45, 7) is 3.15. The van der Waals surface area contributed by atoms with Crippen LogP contribution in [0.2, 0.25) is 0 Å². The molecule has 2 unspecified atom stereocenters. The fourth-order valence-corrected chi connectivity index (χ4v) is 3.58. The van der Waals surface area contributed by atoms with Gasteiger partial charge in [-0.3, -0.25) is 0 Å². The molecule has 1 aliphatic heterocycles. The Bertz CT molecular complexity index is 554.